The quantitative estimate of drug-likeness (QED) is 0.378. The second-order valence-corrected chi connectivity index (χ2v) is 5.14. The molecule has 0 aliphatic carbocycles. The van der Waals surface area contributed by atoms with Crippen molar-refractivity contribution in [2.75, 3.05) is 13.1 Å². The molecule has 3 N–H and O–H groups in total. The van der Waals surface area contributed by atoms with Crippen molar-refractivity contribution in [2.24, 2.45) is 16.8 Å². The molecule has 5 nitrogen and oxygen atoms in total. The van der Waals surface area contributed by atoms with E-state index in [4.69, 9.17) is 10.9 Å². The zero-order valence-corrected chi connectivity index (χ0v) is 11.6. The number of carbonyl (C=O) groups excluding carboxylic acids is 1. The van der Waals surface area contributed by atoms with Crippen LogP contribution in [0.1, 0.15) is 28.8 Å². The minimum atomic E-state index is -0.860. The fourth-order valence-electron chi connectivity index (χ4n) is 2.47. The standard InChI is InChI=1S/C14H17F2N3O2/c1-8-2-3-10(15)11(12(8)16)14(20)19-6-4-9(5-7-19)13(17)18-21/h2-3,9,21H,4-7H2,1H3,(H2,17,18). The van der Waals surface area contributed by atoms with Crippen LogP contribution in [0.25, 0.3) is 0 Å². The van der Waals surface area contributed by atoms with Crippen molar-refractivity contribution in [1.29, 1.82) is 0 Å². The van der Waals surface area contributed by atoms with Crippen LogP contribution in [0.15, 0.2) is 17.3 Å². The molecule has 1 aromatic carbocycles. The number of likely N-dealkylation sites (tertiary alicyclic amines) is 1. The van der Waals surface area contributed by atoms with E-state index in [2.05, 4.69) is 5.16 Å². The summed E-state index contributed by atoms with van der Waals surface area (Å²) in [5, 5.41) is 11.6. The molecule has 1 fully saturated rings. The van der Waals surface area contributed by atoms with Crippen LogP contribution >= 0.6 is 0 Å². The molecule has 0 spiro atoms. The van der Waals surface area contributed by atoms with Crippen molar-refractivity contribution in [2.45, 2.75) is 19.8 Å². The molecule has 0 bridgehead atoms. The molecule has 1 heterocycles. The van der Waals surface area contributed by atoms with Crippen molar-refractivity contribution in [3.8, 4) is 0 Å². The molecular formula is C14H17F2N3O2. The number of nitrogens with zero attached hydrogens (tertiary/aromatic N) is 2. The Morgan fingerprint density at radius 2 is 2.00 bits per heavy atom. The molecule has 1 amide bonds. The van der Waals surface area contributed by atoms with Crippen LogP contribution in [0, 0.1) is 24.5 Å². The van der Waals surface area contributed by atoms with Gasteiger partial charge in [0, 0.05) is 19.0 Å². The highest BCUT2D eigenvalue weighted by molar-refractivity contribution is 5.95. The van der Waals surface area contributed by atoms with Crippen LogP contribution in [0.3, 0.4) is 0 Å². The summed E-state index contributed by atoms with van der Waals surface area (Å²) >= 11 is 0. The molecule has 0 saturated carbocycles. The van der Waals surface area contributed by atoms with Crippen molar-refractivity contribution in [3.05, 3.63) is 34.9 Å². The number of amidine groups is 1. The average Bonchev–Trinajstić information content (AvgIpc) is 2.50. The molecular weight excluding hydrogens is 280 g/mol. The Bertz CT molecular complexity index is 582. The molecule has 7 heteroatoms. The van der Waals surface area contributed by atoms with E-state index in [0.717, 1.165) is 6.07 Å². The van der Waals surface area contributed by atoms with Crippen molar-refractivity contribution in [1.82, 2.24) is 4.90 Å². The third-order valence-corrected chi connectivity index (χ3v) is 3.81. The molecule has 1 saturated heterocycles. The van der Waals surface area contributed by atoms with Crippen molar-refractivity contribution < 1.29 is 18.8 Å². The molecule has 114 valence electrons. The lowest BCUT2D eigenvalue weighted by atomic mass is 9.95. The molecule has 1 aliphatic heterocycles. The predicted octanol–water partition coefficient (Wildman–Crippen LogP) is 1.87. The minimum absolute atomic E-state index is 0.119. The van der Waals surface area contributed by atoms with E-state index in [9.17, 15) is 13.6 Å². The van der Waals surface area contributed by atoms with Gasteiger partial charge in [-0.05, 0) is 31.4 Å². The Kier molecular flexibility index (Phi) is 4.40. The number of hydrogen-bond acceptors (Lipinski definition) is 3. The number of piperidine rings is 1. The SMILES string of the molecule is Cc1ccc(F)c(C(=O)N2CCC(/C(N)=N/O)CC2)c1F. The number of carbonyl (C=O) groups is 1. The number of aryl methyl sites for hydroxylation is 1. The number of amides is 1. The maximum atomic E-state index is 14.0. The first-order valence-electron chi connectivity index (χ1n) is 6.67. The first kappa shape index (κ1) is 15.2. The number of oxime groups is 1. The number of benzene rings is 1. The monoisotopic (exact) mass is 297 g/mol. The smallest absolute Gasteiger partial charge is 0.259 e. The Hall–Kier alpha value is -2.18. The second kappa shape index (κ2) is 6.07. The van der Waals surface area contributed by atoms with E-state index in [0.29, 0.717) is 25.9 Å². The summed E-state index contributed by atoms with van der Waals surface area (Å²) in [4.78, 5) is 13.7. The minimum Gasteiger partial charge on any atom is -0.409 e. The van der Waals surface area contributed by atoms with Gasteiger partial charge in [0.2, 0.25) is 0 Å². The molecule has 0 unspecified atom stereocenters. The van der Waals surface area contributed by atoms with Gasteiger partial charge in [-0.1, -0.05) is 11.2 Å². The van der Waals surface area contributed by atoms with Crippen LogP contribution in [0.5, 0.6) is 0 Å². The van der Waals surface area contributed by atoms with E-state index < -0.39 is 23.1 Å². The lowest BCUT2D eigenvalue weighted by Crippen LogP contribution is -2.42. The highest BCUT2D eigenvalue weighted by Crippen LogP contribution is 2.23. The summed E-state index contributed by atoms with van der Waals surface area (Å²) < 4.78 is 27.7. The Balaban J connectivity index is 2.15. The Morgan fingerprint density at radius 3 is 2.57 bits per heavy atom. The summed E-state index contributed by atoms with van der Waals surface area (Å²) in [6.45, 7) is 2.11. The predicted molar refractivity (Wildman–Crippen MR) is 73.1 cm³/mol. The summed E-state index contributed by atoms with van der Waals surface area (Å²) in [7, 11) is 0. The van der Waals surface area contributed by atoms with Gasteiger partial charge in [-0.3, -0.25) is 4.79 Å². The Morgan fingerprint density at radius 1 is 1.38 bits per heavy atom. The largest absolute Gasteiger partial charge is 0.409 e. The molecule has 0 atom stereocenters. The van der Waals surface area contributed by atoms with E-state index in [1.54, 1.807) is 0 Å². The van der Waals surface area contributed by atoms with Gasteiger partial charge in [0.25, 0.3) is 5.91 Å². The fraction of sp³-hybridized carbons (Fsp3) is 0.429. The third-order valence-electron chi connectivity index (χ3n) is 3.81. The first-order valence-corrected chi connectivity index (χ1v) is 6.67. The van der Waals surface area contributed by atoms with Crippen LogP contribution in [-0.4, -0.2) is 34.9 Å². The van der Waals surface area contributed by atoms with Gasteiger partial charge in [0.1, 0.15) is 23.0 Å². The van der Waals surface area contributed by atoms with Gasteiger partial charge in [-0.25, -0.2) is 8.78 Å². The van der Waals surface area contributed by atoms with Gasteiger partial charge in [-0.2, -0.15) is 0 Å². The molecule has 0 aromatic heterocycles. The molecule has 1 aliphatic rings. The normalized spacial score (nSPS) is 17.1. The lowest BCUT2D eigenvalue weighted by Gasteiger charge is -2.31. The zero-order chi connectivity index (χ0) is 15.6. The molecule has 1 aromatic rings. The second-order valence-electron chi connectivity index (χ2n) is 5.14. The highest BCUT2D eigenvalue weighted by Gasteiger charge is 2.29. The van der Waals surface area contributed by atoms with Gasteiger partial charge in [0.15, 0.2) is 0 Å². The number of nitrogens with two attached hydrogens (primary N) is 1. The van der Waals surface area contributed by atoms with Gasteiger partial charge in [0.05, 0.1) is 0 Å². The van der Waals surface area contributed by atoms with Crippen LogP contribution in [0.4, 0.5) is 8.78 Å². The summed E-state index contributed by atoms with van der Waals surface area (Å²) in [5.41, 5.74) is 5.24. The van der Waals surface area contributed by atoms with Gasteiger partial charge < -0.3 is 15.8 Å². The summed E-state index contributed by atoms with van der Waals surface area (Å²) in [6.07, 6.45) is 0.993. The van der Waals surface area contributed by atoms with Crippen LogP contribution < -0.4 is 5.73 Å². The third kappa shape index (κ3) is 2.96. The molecule has 21 heavy (non-hydrogen) atoms. The first-order chi connectivity index (χ1) is 9.95. The van der Waals surface area contributed by atoms with E-state index in [-0.39, 0.29) is 17.3 Å². The van der Waals surface area contributed by atoms with Crippen molar-refractivity contribution >= 4 is 11.7 Å². The summed E-state index contributed by atoms with van der Waals surface area (Å²) in [5.74, 6) is -2.34. The topological polar surface area (TPSA) is 78.9 Å². The maximum Gasteiger partial charge on any atom is 0.259 e. The van der Waals surface area contributed by atoms with E-state index >= 15 is 0 Å². The lowest BCUT2D eigenvalue weighted by molar-refractivity contribution is 0.0699. The van der Waals surface area contributed by atoms with Crippen molar-refractivity contribution in [3.63, 3.8) is 0 Å². The number of rotatable bonds is 2. The Labute approximate surface area is 121 Å². The highest BCUT2D eigenvalue weighted by atomic mass is 19.1. The van der Waals surface area contributed by atoms with E-state index in [1.165, 1.54) is 17.9 Å². The average molecular weight is 297 g/mol. The number of halogens is 2. The summed E-state index contributed by atoms with van der Waals surface area (Å²) in [6, 6.07) is 2.39. The molecule has 2 rings (SSSR count). The van der Waals surface area contributed by atoms with Gasteiger partial charge >= 0.3 is 0 Å². The van der Waals surface area contributed by atoms with Gasteiger partial charge in [-0.15, -0.1) is 0 Å². The maximum absolute atomic E-state index is 14.0. The van der Waals surface area contributed by atoms with Crippen LogP contribution in [-0.2, 0) is 0 Å². The zero-order valence-electron chi connectivity index (χ0n) is 11.6. The fourth-order valence-corrected chi connectivity index (χ4v) is 2.47. The van der Waals surface area contributed by atoms with E-state index in [1.807, 2.05) is 0 Å². The van der Waals surface area contributed by atoms with Crippen LogP contribution in [0.2, 0.25) is 0 Å². The number of hydrogen-bond donors (Lipinski definition) is 2. The molecule has 0 radical (unpaired) electrons.